The summed E-state index contributed by atoms with van der Waals surface area (Å²) in [6.07, 6.45) is 8.96. The van der Waals surface area contributed by atoms with Gasteiger partial charge in [0.2, 0.25) is 0 Å². The maximum absolute atomic E-state index is 15.4. The number of carbonyl (C=O) groups excluding carboxylic acids is 1. The molecule has 1 aliphatic carbocycles. The van der Waals surface area contributed by atoms with Gasteiger partial charge in [0.05, 0.1) is 21.3 Å². The monoisotopic (exact) mass is 662 g/mol. The van der Waals surface area contributed by atoms with Crippen molar-refractivity contribution in [2.24, 2.45) is 5.92 Å². The van der Waals surface area contributed by atoms with Crippen LogP contribution in [0, 0.1) is 17.6 Å². The van der Waals surface area contributed by atoms with Crippen LogP contribution in [0.15, 0.2) is 72.8 Å². The molecule has 0 spiro atoms. The minimum absolute atomic E-state index is 0.0930. The van der Waals surface area contributed by atoms with Crippen LogP contribution in [-0.4, -0.2) is 39.0 Å². The molecule has 3 aromatic carbocycles. The van der Waals surface area contributed by atoms with E-state index in [2.05, 4.69) is 38.7 Å². The van der Waals surface area contributed by atoms with Crippen LogP contribution < -0.4 is 4.74 Å². The maximum atomic E-state index is 15.4. The van der Waals surface area contributed by atoms with Crippen LogP contribution >= 0.6 is 0 Å². The molecule has 7 heteroatoms. The van der Waals surface area contributed by atoms with E-state index in [0.717, 1.165) is 5.54 Å². The predicted octanol–water partition coefficient (Wildman–Crippen LogP) is 10.7. The summed E-state index contributed by atoms with van der Waals surface area (Å²) >= 11 is 0. The van der Waals surface area contributed by atoms with E-state index in [1.807, 2.05) is 12.1 Å². The number of hydrogen-bond acceptors (Lipinski definition) is 4. The molecule has 1 N–H and O–H groups in total. The maximum Gasteiger partial charge on any atom is 0.333 e. The fraction of sp³-hybridized carbons (Fsp3) is 0.475. The highest BCUT2D eigenvalue weighted by Crippen LogP contribution is 2.45. The topological polar surface area (TPSA) is 55.8 Å². The highest BCUT2D eigenvalue weighted by atomic mass is 28.3. The van der Waals surface area contributed by atoms with Crippen molar-refractivity contribution in [1.29, 1.82) is 0 Å². The molecule has 47 heavy (non-hydrogen) atoms. The van der Waals surface area contributed by atoms with E-state index in [1.54, 1.807) is 43.3 Å². The van der Waals surface area contributed by atoms with Gasteiger partial charge in [0.25, 0.3) is 0 Å². The summed E-state index contributed by atoms with van der Waals surface area (Å²) in [5.41, 5.74) is 4.24. The van der Waals surface area contributed by atoms with Crippen LogP contribution in [0.5, 0.6) is 5.75 Å². The average molecular weight is 663 g/mol. The van der Waals surface area contributed by atoms with Crippen LogP contribution in [0.25, 0.3) is 22.3 Å². The number of benzene rings is 3. The zero-order valence-corrected chi connectivity index (χ0v) is 29.6. The molecule has 1 unspecified atom stereocenters. The minimum atomic E-state index is -1.17. The molecule has 1 atom stereocenters. The Morgan fingerprint density at radius 1 is 0.915 bits per heavy atom. The standard InChI is InChI=1S/C40H52F2O4Si/c1-6-7-25-47(4,5)35-20-16-31(17-21-35)30-10-12-32(13-11-30)36-22-23-37(39(42)38(36)41)33-14-18-34(19-15-33)45-24-8-9-29(26-43)27-46-40(44)28(2)3/h10-15,18-19,22-23,29,31,35,43H,2,6-9,16-17,20-21,24-27H2,1,3-5H3. The first-order valence-corrected chi connectivity index (χ1v) is 20.6. The third-order valence-electron chi connectivity index (χ3n) is 10.0. The molecule has 0 aromatic heterocycles. The summed E-state index contributed by atoms with van der Waals surface area (Å²) in [5, 5.41) is 9.55. The Bertz CT molecular complexity index is 1460. The Hall–Kier alpha value is -3.29. The van der Waals surface area contributed by atoms with E-state index in [1.165, 1.54) is 50.1 Å². The number of carbonyl (C=O) groups is 1. The molecular formula is C40H52F2O4Si. The first kappa shape index (κ1) is 36.5. The van der Waals surface area contributed by atoms with E-state index in [9.17, 15) is 9.90 Å². The smallest absolute Gasteiger partial charge is 0.333 e. The molecule has 0 saturated heterocycles. The lowest BCUT2D eigenvalue weighted by Gasteiger charge is -2.38. The second kappa shape index (κ2) is 17.2. The van der Waals surface area contributed by atoms with E-state index in [4.69, 9.17) is 9.47 Å². The van der Waals surface area contributed by atoms with Crippen molar-refractivity contribution >= 4 is 14.0 Å². The molecule has 4 nitrogen and oxygen atoms in total. The normalized spacial score (nSPS) is 17.3. The van der Waals surface area contributed by atoms with Gasteiger partial charge in [-0.3, -0.25) is 0 Å². The molecule has 1 saturated carbocycles. The summed E-state index contributed by atoms with van der Waals surface area (Å²) in [4.78, 5) is 11.6. The highest BCUT2D eigenvalue weighted by Gasteiger charge is 2.34. The molecule has 0 aliphatic heterocycles. The Morgan fingerprint density at radius 2 is 1.49 bits per heavy atom. The van der Waals surface area contributed by atoms with E-state index in [0.29, 0.717) is 47.8 Å². The van der Waals surface area contributed by atoms with Gasteiger partial charge in [-0.25, -0.2) is 13.6 Å². The zero-order chi connectivity index (χ0) is 34.0. The van der Waals surface area contributed by atoms with Gasteiger partial charge in [-0.2, -0.15) is 0 Å². The number of ether oxygens (including phenoxy) is 2. The van der Waals surface area contributed by atoms with Gasteiger partial charge < -0.3 is 14.6 Å². The van der Waals surface area contributed by atoms with Gasteiger partial charge >= 0.3 is 5.97 Å². The van der Waals surface area contributed by atoms with Gasteiger partial charge in [0, 0.05) is 29.2 Å². The SMILES string of the molecule is C=C(C)C(=O)OCC(CO)CCCOc1ccc(-c2ccc(-c3ccc(C4CCC([Si](C)(C)CCCC)CC4)cc3)c(F)c2F)cc1. The van der Waals surface area contributed by atoms with Crippen molar-refractivity contribution < 1.29 is 28.2 Å². The Morgan fingerprint density at radius 3 is 2.02 bits per heavy atom. The van der Waals surface area contributed by atoms with E-state index in [-0.39, 0.29) is 30.3 Å². The Labute approximate surface area is 281 Å². The van der Waals surface area contributed by atoms with Crippen molar-refractivity contribution in [2.45, 2.75) is 95.8 Å². The first-order chi connectivity index (χ1) is 22.5. The van der Waals surface area contributed by atoms with Crippen LogP contribution in [0.1, 0.15) is 76.7 Å². The van der Waals surface area contributed by atoms with Gasteiger partial charge in [-0.1, -0.05) is 107 Å². The van der Waals surface area contributed by atoms with Gasteiger partial charge in [-0.05, 0) is 72.9 Å². The molecule has 0 heterocycles. The molecular weight excluding hydrogens is 611 g/mol. The van der Waals surface area contributed by atoms with Crippen LogP contribution in [0.2, 0.25) is 24.7 Å². The minimum Gasteiger partial charge on any atom is -0.494 e. The molecule has 1 aliphatic rings. The molecule has 0 bridgehead atoms. The van der Waals surface area contributed by atoms with Gasteiger partial charge in [0.15, 0.2) is 11.6 Å². The molecule has 0 radical (unpaired) electrons. The number of esters is 1. The van der Waals surface area contributed by atoms with Gasteiger partial charge in [-0.15, -0.1) is 0 Å². The highest BCUT2D eigenvalue weighted by molar-refractivity contribution is 6.78. The lowest BCUT2D eigenvalue weighted by Crippen LogP contribution is -2.34. The molecule has 3 aromatic rings. The Balaban J connectivity index is 1.31. The second-order valence-corrected chi connectivity index (χ2v) is 19.3. The van der Waals surface area contributed by atoms with Gasteiger partial charge in [0.1, 0.15) is 5.75 Å². The largest absolute Gasteiger partial charge is 0.494 e. The summed E-state index contributed by atoms with van der Waals surface area (Å²) in [6, 6.07) is 19.7. The summed E-state index contributed by atoms with van der Waals surface area (Å²) in [6.45, 7) is 13.0. The van der Waals surface area contributed by atoms with Crippen LogP contribution in [-0.2, 0) is 9.53 Å². The summed E-state index contributed by atoms with van der Waals surface area (Å²) in [5.74, 6) is -1.20. The van der Waals surface area contributed by atoms with Crippen molar-refractivity contribution in [3.8, 4) is 28.0 Å². The number of aliphatic hydroxyl groups excluding tert-OH is 1. The van der Waals surface area contributed by atoms with E-state index >= 15 is 8.78 Å². The predicted molar refractivity (Wildman–Crippen MR) is 190 cm³/mol. The fourth-order valence-electron chi connectivity index (χ4n) is 6.81. The second-order valence-electron chi connectivity index (χ2n) is 14.0. The van der Waals surface area contributed by atoms with Crippen LogP contribution in [0.3, 0.4) is 0 Å². The number of rotatable bonds is 16. The number of aliphatic hydroxyl groups is 1. The number of unbranched alkanes of at least 4 members (excludes halogenated alkanes) is 1. The average Bonchev–Trinajstić information content (AvgIpc) is 3.08. The quantitative estimate of drug-likeness (QED) is 0.0718. The number of halogens is 2. The van der Waals surface area contributed by atoms with Crippen molar-refractivity contribution in [1.82, 2.24) is 0 Å². The molecule has 4 rings (SSSR count). The molecule has 1 fully saturated rings. The van der Waals surface area contributed by atoms with E-state index < -0.39 is 25.7 Å². The Kier molecular flexibility index (Phi) is 13.4. The fourth-order valence-corrected chi connectivity index (χ4v) is 10.4. The van der Waals surface area contributed by atoms with Crippen molar-refractivity contribution in [3.63, 3.8) is 0 Å². The first-order valence-electron chi connectivity index (χ1n) is 17.3. The van der Waals surface area contributed by atoms with Crippen molar-refractivity contribution in [2.75, 3.05) is 19.8 Å². The molecule has 254 valence electrons. The lowest BCUT2D eigenvalue weighted by atomic mass is 9.83. The lowest BCUT2D eigenvalue weighted by molar-refractivity contribution is -0.140. The van der Waals surface area contributed by atoms with Crippen molar-refractivity contribution in [3.05, 3.63) is 90.0 Å². The third kappa shape index (κ3) is 9.86. The van der Waals surface area contributed by atoms with Crippen LogP contribution in [0.4, 0.5) is 8.78 Å². The number of hydrogen-bond donors (Lipinski definition) is 1. The zero-order valence-electron chi connectivity index (χ0n) is 28.6. The third-order valence-corrected chi connectivity index (χ3v) is 14.5. The summed E-state index contributed by atoms with van der Waals surface area (Å²) in [7, 11) is -1.17. The molecule has 0 amide bonds. The summed E-state index contributed by atoms with van der Waals surface area (Å²) < 4.78 is 41.7.